The van der Waals surface area contributed by atoms with Crippen molar-refractivity contribution in [3.8, 4) is 5.75 Å². The third kappa shape index (κ3) is 1.79. The molecular weight excluding hydrogens is 194 g/mol. The summed E-state index contributed by atoms with van der Waals surface area (Å²) in [6.07, 6.45) is 3.60. The van der Waals surface area contributed by atoms with E-state index in [1.165, 1.54) is 6.07 Å². The molecule has 15 heavy (non-hydrogen) atoms. The number of benzene rings is 1. The van der Waals surface area contributed by atoms with Crippen LogP contribution in [0.25, 0.3) is 0 Å². The third-order valence-electron chi connectivity index (χ3n) is 2.28. The van der Waals surface area contributed by atoms with Crippen molar-refractivity contribution in [2.75, 3.05) is 0 Å². The molecule has 2 radical (unpaired) electrons. The summed E-state index contributed by atoms with van der Waals surface area (Å²) in [4.78, 5) is 10.3. The quantitative estimate of drug-likeness (QED) is 0.523. The van der Waals surface area contributed by atoms with E-state index >= 15 is 0 Å². The van der Waals surface area contributed by atoms with Crippen LogP contribution >= 0.6 is 0 Å². The van der Waals surface area contributed by atoms with Crippen LogP contribution < -0.4 is 4.74 Å². The molecule has 0 aromatic heterocycles. The average Bonchev–Trinajstić information content (AvgIpc) is 2.14. The predicted octanol–water partition coefficient (Wildman–Crippen LogP) is 2.59. The number of hydrogen-bond donors (Lipinski definition) is 0. The fraction of sp³-hybridized carbons (Fsp3) is 0.364. The van der Waals surface area contributed by atoms with Gasteiger partial charge in [-0.1, -0.05) is 6.07 Å². The zero-order chi connectivity index (χ0) is 11.1. The van der Waals surface area contributed by atoms with Gasteiger partial charge in [0.15, 0.2) is 0 Å². The maximum atomic E-state index is 10.7. The minimum atomic E-state index is -0.409. The average molecular weight is 205 g/mol. The van der Waals surface area contributed by atoms with Crippen LogP contribution in [0.15, 0.2) is 18.2 Å². The summed E-state index contributed by atoms with van der Waals surface area (Å²) in [6.45, 7) is 3.86. The van der Waals surface area contributed by atoms with Crippen molar-refractivity contribution < 1.29 is 9.66 Å². The number of nitrogens with zero attached hydrogens (tertiary/aromatic N) is 1. The SMILES string of the molecule is CC1(C)C[C]c2c(cccc2[N+](=O)[O-])O1. The zero-order valence-corrected chi connectivity index (χ0v) is 8.61. The highest BCUT2D eigenvalue weighted by atomic mass is 16.6. The molecule has 2 rings (SSSR count). The summed E-state index contributed by atoms with van der Waals surface area (Å²) < 4.78 is 5.64. The second kappa shape index (κ2) is 3.22. The smallest absolute Gasteiger partial charge is 0.276 e. The normalized spacial score (nSPS) is 17.7. The van der Waals surface area contributed by atoms with Crippen LogP contribution in [0.4, 0.5) is 5.69 Å². The Morgan fingerprint density at radius 3 is 2.93 bits per heavy atom. The standard InChI is InChI=1S/C11H11NO3/c1-11(2)7-6-8-9(12(13)14)4-3-5-10(8)15-11/h3-5H,7H2,1-2H3. The molecule has 0 amide bonds. The summed E-state index contributed by atoms with van der Waals surface area (Å²) in [6, 6.07) is 4.82. The number of hydrogen-bond acceptors (Lipinski definition) is 3. The van der Waals surface area contributed by atoms with Crippen LogP contribution in [-0.2, 0) is 0 Å². The highest BCUT2D eigenvalue weighted by Gasteiger charge is 2.31. The summed E-state index contributed by atoms with van der Waals surface area (Å²) in [5, 5.41) is 10.7. The summed E-state index contributed by atoms with van der Waals surface area (Å²) >= 11 is 0. The third-order valence-corrected chi connectivity index (χ3v) is 2.28. The first-order valence-corrected chi connectivity index (χ1v) is 4.70. The summed E-state index contributed by atoms with van der Waals surface area (Å²) in [5.41, 5.74) is 0.201. The molecule has 0 aliphatic carbocycles. The molecule has 0 atom stereocenters. The van der Waals surface area contributed by atoms with Gasteiger partial charge in [0.25, 0.3) is 5.69 Å². The molecule has 1 aromatic carbocycles. The fourth-order valence-electron chi connectivity index (χ4n) is 1.57. The molecule has 0 bridgehead atoms. The van der Waals surface area contributed by atoms with Gasteiger partial charge in [0, 0.05) is 12.5 Å². The van der Waals surface area contributed by atoms with Gasteiger partial charge in [-0.05, 0) is 26.3 Å². The van der Waals surface area contributed by atoms with E-state index in [1.807, 2.05) is 13.8 Å². The van der Waals surface area contributed by atoms with Gasteiger partial charge in [0.1, 0.15) is 11.4 Å². The molecule has 78 valence electrons. The molecule has 1 aliphatic rings. The van der Waals surface area contributed by atoms with Gasteiger partial charge in [-0.2, -0.15) is 0 Å². The Hall–Kier alpha value is -1.58. The Morgan fingerprint density at radius 1 is 1.53 bits per heavy atom. The van der Waals surface area contributed by atoms with E-state index < -0.39 is 4.92 Å². The Bertz CT molecular complexity index is 412. The van der Waals surface area contributed by atoms with Crippen molar-refractivity contribution in [2.45, 2.75) is 25.9 Å². The highest BCUT2D eigenvalue weighted by Crippen LogP contribution is 2.38. The molecule has 0 spiro atoms. The fourth-order valence-corrected chi connectivity index (χ4v) is 1.57. The molecule has 0 saturated heterocycles. The summed E-state index contributed by atoms with van der Waals surface area (Å²) in [5.74, 6) is 0.542. The number of rotatable bonds is 1. The lowest BCUT2D eigenvalue weighted by molar-refractivity contribution is -0.385. The van der Waals surface area contributed by atoms with Crippen LogP contribution in [0, 0.1) is 16.5 Å². The number of fused-ring (bicyclic) bond motifs is 1. The largest absolute Gasteiger partial charge is 0.487 e. The van der Waals surface area contributed by atoms with Crippen molar-refractivity contribution in [1.29, 1.82) is 0 Å². The second-order valence-electron chi connectivity index (χ2n) is 4.12. The van der Waals surface area contributed by atoms with Crippen LogP contribution in [0.2, 0.25) is 0 Å². The Morgan fingerprint density at radius 2 is 2.27 bits per heavy atom. The van der Waals surface area contributed by atoms with Crippen LogP contribution in [0.3, 0.4) is 0 Å². The zero-order valence-electron chi connectivity index (χ0n) is 8.61. The predicted molar refractivity (Wildman–Crippen MR) is 54.8 cm³/mol. The van der Waals surface area contributed by atoms with E-state index in [1.54, 1.807) is 12.1 Å². The lowest BCUT2D eigenvalue weighted by Crippen LogP contribution is -2.32. The molecule has 0 unspecified atom stereocenters. The molecule has 0 N–H and O–H groups in total. The highest BCUT2D eigenvalue weighted by molar-refractivity contribution is 5.55. The number of ether oxygens (including phenoxy) is 1. The van der Waals surface area contributed by atoms with Gasteiger partial charge < -0.3 is 4.74 Å². The minimum Gasteiger partial charge on any atom is -0.487 e. The van der Waals surface area contributed by atoms with Gasteiger partial charge in [0.2, 0.25) is 0 Å². The Labute approximate surface area is 88.0 Å². The second-order valence-corrected chi connectivity index (χ2v) is 4.12. The van der Waals surface area contributed by atoms with E-state index in [0.29, 0.717) is 17.7 Å². The van der Waals surface area contributed by atoms with Crippen molar-refractivity contribution >= 4 is 5.69 Å². The molecule has 1 aliphatic heterocycles. The van der Waals surface area contributed by atoms with Crippen LogP contribution in [0.1, 0.15) is 25.8 Å². The van der Waals surface area contributed by atoms with E-state index in [4.69, 9.17) is 4.74 Å². The maximum absolute atomic E-state index is 10.7. The van der Waals surface area contributed by atoms with Crippen molar-refractivity contribution in [2.24, 2.45) is 0 Å². The van der Waals surface area contributed by atoms with Crippen molar-refractivity contribution in [1.82, 2.24) is 0 Å². The lowest BCUT2D eigenvalue weighted by atomic mass is 9.93. The molecule has 0 fully saturated rings. The van der Waals surface area contributed by atoms with Gasteiger partial charge in [-0.3, -0.25) is 10.1 Å². The van der Waals surface area contributed by atoms with Crippen LogP contribution in [0.5, 0.6) is 5.75 Å². The van der Waals surface area contributed by atoms with Gasteiger partial charge >= 0.3 is 0 Å². The topological polar surface area (TPSA) is 52.4 Å². The maximum Gasteiger partial charge on any atom is 0.276 e. The first-order chi connectivity index (χ1) is 6.99. The van der Waals surface area contributed by atoms with E-state index in [-0.39, 0.29) is 11.3 Å². The summed E-state index contributed by atoms with van der Waals surface area (Å²) in [7, 11) is 0. The monoisotopic (exact) mass is 205 g/mol. The van der Waals surface area contributed by atoms with E-state index in [2.05, 4.69) is 6.42 Å². The Balaban J connectivity index is 2.47. The van der Waals surface area contributed by atoms with Gasteiger partial charge in [-0.25, -0.2) is 0 Å². The molecule has 4 nitrogen and oxygen atoms in total. The first-order valence-electron chi connectivity index (χ1n) is 4.70. The Kier molecular flexibility index (Phi) is 2.14. The lowest BCUT2D eigenvalue weighted by Gasteiger charge is -2.31. The van der Waals surface area contributed by atoms with E-state index in [0.717, 1.165) is 0 Å². The van der Waals surface area contributed by atoms with Gasteiger partial charge in [0.05, 0.1) is 10.5 Å². The van der Waals surface area contributed by atoms with Crippen molar-refractivity contribution in [3.05, 3.63) is 40.3 Å². The van der Waals surface area contributed by atoms with Gasteiger partial charge in [-0.15, -0.1) is 0 Å². The van der Waals surface area contributed by atoms with Crippen molar-refractivity contribution in [3.63, 3.8) is 0 Å². The molecular formula is C11H11NO3. The minimum absolute atomic E-state index is 0.0583. The molecule has 1 heterocycles. The van der Waals surface area contributed by atoms with Crippen LogP contribution in [-0.4, -0.2) is 10.5 Å². The first kappa shape index (κ1) is 9.96. The number of nitro benzene ring substituents is 1. The van der Waals surface area contributed by atoms with E-state index in [9.17, 15) is 10.1 Å². The molecule has 0 saturated carbocycles. The molecule has 1 aromatic rings. The molecule has 4 heteroatoms. The number of nitro groups is 1.